The maximum Gasteiger partial charge on any atom is 0.182 e. The van der Waals surface area contributed by atoms with Gasteiger partial charge in [0.2, 0.25) is 0 Å². The van der Waals surface area contributed by atoms with Gasteiger partial charge in [0.05, 0.1) is 0 Å². The second-order valence-corrected chi connectivity index (χ2v) is 1.98. The zero-order valence-electron chi connectivity index (χ0n) is 6.54. The van der Waals surface area contributed by atoms with Crippen LogP contribution in [-0.4, -0.2) is 27.9 Å². The van der Waals surface area contributed by atoms with Gasteiger partial charge in [-0.3, -0.25) is 9.59 Å². The first-order valence-electron chi connectivity index (χ1n) is 3.21. The summed E-state index contributed by atoms with van der Waals surface area (Å²) in [4.78, 5) is 17.6. The number of rotatable bonds is 1. The molecule has 0 fully saturated rings. The molecule has 3 N–H and O–H groups in total. The molecule has 0 amide bonds. The molecule has 0 aliphatic heterocycles. The molecule has 14 heavy (non-hydrogen) atoms. The number of phenolic OH excluding ortho intramolecular Hbond substituents is 3. The average Bonchev–Trinajstić information content (AvgIpc) is 2.02. The molecule has 0 saturated heterocycles. The third-order valence-corrected chi connectivity index (χ3v) is 0.943. The van der Waals surface area contributed by atoms with E-state index in [1.807, 2.05) is 0 Å². The Hall–Kier alpha value is -2.04. The number of hydrogen-bond donors (Lipinski definition) is 3. The number of hydrogen-bond acceptors (Lipinski definition) is 5. The van der Waals surface area contributed by atoms with Crippen LogP contribution in [0.15, 0.2) is 18.2 Å². The lowest BCUT2D eigenvalue weighted by molar-refractivity contribution is -0.122. The fraction of sp³-hybridized carbons (Fsp3) is 0.111. The van der Waals surface area contributed by atoms with Crippen LogP contribution in [-0.2, 0) is 9.59 Å². The van der Waals surface area contributed by atoms with E-state index < -0.39 is 0 Å². The second kappa shape index (κ2) is 7.60. The summed E-state index contributed by atoms with van der Waals surface area (Å²) in [7, 11) is 0. The minimum atomic E-state index is -0.146. The zero-order chi connectivity index (χ0) is 10.3. The maximum atomic E-state index is 8.81. The van der Waals surface area contributed by atoms with Crippen LogP contribution in [0.3, 0.4) is 0 Å². The molecule has 0 heterocycles. The minimum absolute atomic E-state index is 0. The van der Waals surface area contributed by atoms with Gasteiger partial charge < -0.3 is 15.3 Å². The molecule has 0 aromatic heterocycles. The standard InChI is InChI=1S/C6H6O3.C2H2O2.CH4/c7-4-1-5(8)3-6(9)2-4;3-1-2-4;/h1-3,7-9H;1-2H;1H4. The Labute approximate surface area is 81.2 Å². The third-order valence-electron chi connectivity index (χ3n) is 0.943. The van der Waals surface area contributed by atoms with Crippen molar-refractivity contribution in [2.24, 2.45) is 0 Å². The first-order valence-corrected chi connectivity index (χ1v) is 3.21. The van der Waals surface area contributed by atoms with Gasteiger partial charge in [-0.2, -0.15) is 0 Å². The van der Waals surface area contributed by atoms with Crippen LogP contribution < -0.4 is 0 Å². The number of aromatic hydroxyl groups is 3. The van der Waals surface area contributed by atoms with Gasteiger partial charge in [0.1, 0.15) is 17.2 Å². The summed E-state index contributed by atoms with van der Waals surface area (Å²) in [6.07, 6.45) is 0.389. The predicted molar refractivity (Wildman–Crippen MR) is 50.3 cm³/mol. The van der Waals surface area contributed by atoms with E-state index in [1.54, 1.807) is 0 Å². The average molecular weight is 200 g/mol. The van der Waals surface area contributed by atoms with Crippen LogP contribution in [0.2, 0.25) is 0 Å². The second-order valence-electron chi connectivity index (χ2n) is 1.98. The van der Waals surface area contributed by atoms with Gasteiger partial charge in [0, 0.05) is 18.2 Å². The van der Waals surface area contributed by atoms with Crippen molar-refractivity contribution in [1.82, 2.24) is 0 Å². The Morgan fingerprint density at radius 2 is 1.00 bits per heavy atom. The van der Waals surface area contributed by atoms with Crippen molar-refractivity contribution in [3.8, 4) is 17.2 Å². The van der Waals surface area contributed by atoms with E-state index in [1.165, 1.54) is 0 Å². The van der Waals surface area contributed by atoms with E-state index in [2.05, 4.69) is 0 Å². The summed E-state index contributed by atoms with van der Waals surface area (Å²) in [5.41, 5.74) is 0. The summed E-state index contributed by atoms with van der Waals surface area (Å²) >= 11 is 0. The Morgan fingerprint density at radius 3 is 1.14 bits per heavy atom. The van der Waals surface area contributed by atoms with Gasteiger partial charge in [-0.15, -0.1) is 0 Å². The summed E-state index contributed by atoms with van der Waals surface area (Å²) in [6, 6.07) is 3.42. The van der Waals surface area contributed by atoms with Crippen molar-refractivity contribution in [1.29, 1.82) is 0 Å². The number of carbonyl (C=O) groups is 2. The summed E-state index contributed by atoms with van der Waals surface area (Å²) < 4.78 is 0. The van der Waals surface area contributed by atoms with Crippen molar-refractivity contribution in [3.05, 3.63) is 18.2 Å². The minimum Gasteiger partial charge on any atom is -0.508 e. The van der Waals surface area contributed by atoms with Gasteiger partial charge in [-0.05, 0) is 0 Å². The lowest BCUT2D eigenvalue weighted by atomic mass is 10.3. The molecule has 0 bridgehead atoms. The van der Waals surface area contributed by atoms with Crippen LogP contribution in [0.1, 0.15) is 7.43 Å². The maximum absolute atomic E-state index is 8.81. The molecule has 1 rings (SSSR count). The topological polar surface area (TPSA) is 94.8 Å². The molecule has 1 aromatic carbocycles. The zero-order valence-corrected chi connectivity index (χ0v) is 6.54. The van der Waals surface area contributed by atoms with Gasteiger partial charge in [0.15, 0.2) is 12.6 Å². The summed E-state index contributed by atoms with van der Waals surface area (Å²) in [5.74, 6) is -0.437. The van der Waals surface area contributed by atoms with E-state index in [-0.39, 0.29) is 37.2 Å². The largest absolute Gasteiger partial charge is 0.508 e. The molecule has 0 aliphatic rings. The molecule has 0 radical (unpaired) electrons. The Kier molecular flexibility index (Phi) is 7.86. The fourth-order valence-electron chi connectivity index (χ4n) is 0.580. The molecule has 0 aliphatic carbocycles. The van der Waals surface area contributed by atoms with Crippen molar-refractivity contribution < 1.29 is 24.9 Å². The normalized spacial score (nSPS) is 7.43. The van der Waals surface area contributed by atoms with E-state index >= 15 is 0 Å². The quantitative estimate of drug-likeness (QED) is 0.461. The molecular formula is C9H12O5. The van der Waals surface area contributed by atoms with Gasteiger partial charge in [-0.25, -0.2) is 0 Å². The predicted octanol–water partition coefficient (Wildman–Crippen LogP) is 0.824. The first kappa shape index (κ1) is 14.5. The SMILES string of the molecule is C.O=CC=O.Oc1cc(O)cc(O)c1. The van der Waals surface area contributed by atoms with E-state index in [9.17, 15) is 0 Å². The smallest absolute Gasteiger partial charge is 0.182 e. The highest BCUT2D eigenvalue weighted by molar-refractivity contribution is 6.09. The van der Waals surface area contributed by atoms with Crippen molar-refractivity contribution in [2.75, 3.05) is 0 Å². The molecule has 0 spiro atoms. The Morgan fingerprint density at radius 1 is 0.786 bits per heavy atom. The molecular weight excluding hydrogens is 188 g/mol. The summed E-state index contributed by atoms with van der Waals surface area (Å²) in [6.45, 7) is 0. The number of carbonyl (C=O) groups excluding carboxylic acids is 2. The van der Waals surface area contributed by atoms with Crippen molar-refractivity contribution >= 4 is 12.6 Å². The molecule has 78 valence electrons. The first-order chi connectivity index (χ1) is 6.10. The van der Waals surface area contributed by atoms with E-state index in [0.717, 1.165) is 18.2 Å². The highest BCUT2D eigenvalue weighted by atomic mass is 16.3. The van der Waals surface area contributed by atoms with Gasteiger partial charge in [-0.1, -0.05) is 7.43 Å². The highest BCUT2D eigenvalue weighted by Gasteiger charge is 1.94. The molecule has 1 aromatic rings. The van der Waals surface area contributed by atoms with Crippen molar-refractivity contribution in [2.45, 2.75) is 7.43 Å². The number of aldehydes is 2. The third kappa shape index (κ3) is 6.66. The van der Waals surface area contributed by atoms with Crippen molar-refractivity contribution in [3.63, 3.8) is 0 Å². The van der Waals surface area contributed by atoms with E-state index in [4.69, 9.17) is 24.9 Å². The number of benzene rings is 1. The van der Waals surface area contributed by atoms with Crippen LogP contribution in [0.4, 0.5) is 0 Å². The molecule has 5 heteroatoms. The monoisotopic (exact) mass is 200 g/mol. The lowest BCUT2D eigenvalue weighted by Crippen LogP contribution is -1.66. The number of phenols is 3. The fourth-order valence-corrected chi connectivity index (χ4v) is 0.580. The molecule has 0 unspecified atom stereocenters. The van der Waals surface area contributed by atoms with Crippen LogP contribution in [0.25, 0.3) is 0 Å². The van der Waals surface area contributed by atoms with Gasteiger partial charge in [0.25, 0.3) is 0 Å². The molecule has 0 saturated carbocycles. The lowest BCUT2D eigenvalue weighted by Gasteiger charge is -1.94. The van der Waals surface area contributed by atoms with Crippen LogP contribution in [0, 0.1) is 0 Å². The Balaban J connectivity index is 0. The Bertz CT molecular complexity index is 239. The highest BCUT2D eigenvalue weighted by Crippen LogP contribution is 2.23. The van der Waals surface area contributed by atoms with Crippen LogP contribution in [0.5, 0.6) is 17.2 Å². The molecule has 0 atom stereocenters. The van der Waals surface area contributed by atoms with Gasteiger partial charge >= 0.3 is 0 Å². The van der Waals surface area contributed by atoms with Crippen LogP contribution >= 0.6 is 0 Å². The molecule has 5 nitrogen and oxygen atoms in total. The summed E-state index contributed by atoms with van der Waals surface area (Å²) in [5, 5.41) is 26.0. The van der Waals surface area contributed by atoms with E-state index in [0.29, 0.717) is 0 Å².